The molecule has 1 saturated heterocycles. The molecule has 0 aromatic heterocycles. The molecule has 1 fully saturated rings. The summed E-state index contributed by atoms with van der Waals surface area (Å²) in [7, 11) is -7.57. The minimum absolute atomic E-state index is 0.00587. The molecule has 130 valence electrons. The zero-order valence-electron chi connectivity index (χ0n) is 13.1. The van der Waals surface area contributed by atoms with Crippen molar-refractivity contribution in [1.29, 1.82) is 0 Å². The van der Waals surface area contributed by atoms with Crippen LogP contribution in [0.25, 0.3) is 0 Å². The van der Waals surface area contributed by atoms with Crippen molar-refractivity contribution in [3.63, 3.8) is 0 Å². The maximum atomic E-state index is 13.9. The number of piperidine rings is 1. The van der Waals surface area contributed by atoms with Gasteiger partial charge in [0.1, 0.15) is 10.7 Å². The molecule has 0 bridgehead atoms. The number of sulfonamides is 1. The van der Waals surface area contributed by atoms with Crippen molar-refractivity contribution in [3.8, 4) is 0 Å². The van der Waals surface area contributed by atoms with Crippen LogP contribution < -0.4 is 5.73 Å². The van der Waals surface area contributed by atoms with Gasteiger partial charge in [0.25, 0.3) is 0 Å². The van der Waals surface area contributed by atoms with Crippen LogP contribution in [0.5, 0.6) is 0 Å². The smallest absolute Gasteiger partial charge is 0.243 e. The lowest BCUT2D eigenvalue weighted by Gasteiger charge is -2.32. The molecule has 0 radical (unpaired) electrons. The van der Waals surface area contributed by atoms with Crippen LogP contribution in [0.1, 0.15) is 19.8 Å². The first-order chi connectivity index (χ1) is 10.5. The summed E-state index contributed by atoms with van der Waals surface area (Å²) in [5, 5.41) is 0. The van der Waals surface area contributed by atoms with Gasteiger partial charge in [-0.3, -0.25) is 0 Å². The van der Waals surface area contributed by atoms with E-state index in [1.165, 1.54) is 4.31 Å². The summed E-state index contributed by atoms with van der Waals surface area (Å²) in [6.07, 6.45) is 2.18. The van der Waals surface area contributed by atoms with Crippen molar-refractivity contribution in [2.45, 2.75) is 35.6 Å². The van der Waals surface area contributed by atoms with E-state index in [1.807, 2.05) is 6.92 Å². The largest absolute Gasteiger partial charge is 0.328 e. The van der Waals surface area contributed by atoms with Crippen molar-refractivity contribution in [1.82, 2.24) is 4.31 Å². The molecule has 0 amide bonds. The third-order valence-corrected chi connectivity index (χ3v) is 7.21. The highest BCUT2D eigenvalue weighted by molar-refractivity contribution is 7.90. The third kappa shape index (κ3) is 3.90. The topological polar surface area (TPSA) is 97.5 Å². The average molecular weight is 364 g/mol. The zero-order valence-corrected chi connectivity index (χ0v) is 14.7. The molecule has 0 spiro atoms. The fourth-order valence-corrected chi connectivity index (χ4v) is 4.94. The van der Waals surface area contributed by atoms with Crippen LogP contribution in [0.2, 0.25) is 0 Å². The van der Waals surface area contributed by atoms with E-state index in [2.05, 4.69) is 0 Å². The van der Waals surface area contributed by atoms with Crippen molar-refractivity contribution < 1.29 is 21.2 Å². The van der Waals surface area contributed by atoms with Gasteiger partial charge in [0.05, 0.1) is 4.90 Å². The summed E-state index contributed by atoms with van der Waals surface area (Å²) in [6, 6.07) is 2.90. The van der Waals surface area contributed by atoms with Gasteiger partial charge in [-0.25, -0.2) is 21.2 Å². The minimum Gasteiger partial charge on any atom is -0.328 e. The first kappa shape index (κ1) is 18.3. The number of hydrogen-bond donors (Lipinski definition) is 1. The number of hydrogen-bond acceptors (Lipinski definition) is 5. The molecule has 0 saturated carbocycles. The molecule has 1 aliphatic heterocycles. The molecule has 9 heteroatoms. The van der Waals surface area contributed by atoms with Gasteiger partial charge in [0.2, 0.25) is 10.0 Å². The highest BCUT2D eigenvalue weighted by Crippen LogP contribution is 2.26. The standard InChI is InChI=1S/C14H21FN2O4S2/c1-10(16)11-5-7-17(8-6-11)23(20,21)12-3-4-14(13(15)9-12)22(2,18)19/h3-4,9-11H,5-8,16H2,1-2H3. The maximum Gasteiger partial charge on any atom is 0.243 e. The van der Waals surface area contributed by atoms with Crippen molar-refractivity contribution in [3.05, 3.63) is 24.0 Å². The van der Waals surface area contributed by atoms with Gasteiger partial charge >= 0.3 is 0 Å². The molecule has 1 unspecified atom stereocenters. The van der Waals surface area contributed by atoms with Crippen LogP contribution in [-0.4, -0.2) is 46.5 Å². The third-order valence-electron chi connectivity index (χ3n) is 4.18. The summed E-state index contributed by atoms with van der Waals surface area (Å²) in [6.45, 7) is 2.54. The fourth-order valence-electron chi connectivity index (χ4n) is 2.73. The lowest BCUT2D eigenvalue weighted by Crippen LogP contribution is -2.42. The van der Waals surface area contributed by atoms with Crippen LogP contribution in [0.15, 0.2) is 28.0 Å². The summed E-state index contributed by atoms with van der Waals surface area (Å²) in [5.41, 5.74) is 5.84. The minimum atomic E-state index is -3.84. The second kappa shape index (κ2) is 6.46. The van der Waals surface area contributed by atoms with E-state index in [-0.39, 0.29) is 16.9 Å². The fraction of sp³-hybridized carbons (Fsp3) is 0.571. The number of benzene rings is 1. The van der Waals surface area contributed by atoms with Crippen molar-refractivity contribution in [2.75, 3.05) is 19.3 Å². The van der Waals surface area contributed by atoms with Gasteiger partial charge in [0.15, 0.2) is 9.84 Å². The lowest BCUT2D eigenvalue weighted by atomic mass is 9.92. The Labute approximate surface area is 136 Å². The van der Waals surface area contributed by atoms with E-state index in [4.69, 9.17) is 5.73 Å². The summed E-state index contributed by atoms with van der Waals surface area (Å²) in [5.74, 6) is -0.787. The molecule has 1 aliphatic rings. The van der Waals surface area contributed by atoms with E-state index in [0.29, 0.717) is 25.9 Å². The van der Waals surface area contributed by atoms with Gasteiger partial charge in [0, 0.05) is 25.4 Å². The predicted molar refractivity (Wildman–Crippen MR) is 84.6 cm³/mol. The molecular weight excluding hydrogens is 343 g/mol. The van der Waals surface area contributed by atoms with Crippen LogP contribution in [0.4, 0.5) is 4.39 Å². The summed E-state index contributed by atoms with van der Waals surface area (Å²) in [4.78, 5) is -0.742. The van der Waals surface area contributed by atoms with Crippen LogP contribution in [-0.2, 0) is 19.9 Å². The molecule has 1 aromatic rings. The molecule has 1 heterocycles. The van der Waals surface area contributed by atoms with E-state index >= 15 is 0 Å². The first-order valence-electron chi connectivity index (χ1n) is 7.29. The van der Waals surface area contributed by atoms with Crippen molar-refractivity contribution in [2.24, 2.45) is 11.7 Å². The van der Waals surface area contributed by atoms with Crippen molar-refractivity contribution >= 4 is 19.9 Å². The van der Waals surface area contributed by atoms with E-state index < -0.39 is 30.6 Å². The van der Waals surface area contributed by atoms with E-state index in [1.54, 1.807) is 0 Å². The number of halogens is 1. The van der Waals surface area contributed by atoms with Crippen LogP contribution >= 0.6 is 0 Å². The normalized spacial score (nSPS) is 19.7. The maximum absolute atomic E-state index is 13.9. The van der Waals surface area contributed by atoms with Crippen LogP contribution in [0.3, 0.4) is 0 Å². The molecule has 1 atom stereocenters. The molecule has 2 N–H and O–H groups in total. The Morgan fingerprint density at radius 3 is 2.22 bits per heavy atom. The number of rotatable bonds is 4. The second-order valence-corrected chi connectivity index (χ2v) is 9.89. The molecule has 23 heavy (non-hydrogen) atoms. The molecule has 1 aromatic carbocycles. The number of nitrogens with two attached hydrogens (primary N) is 1. The van der Waals surface area contributed by atoms with Gasteiger partial charge < -0.3 is 5.73 Å². The monoisotopic (exact) mass is 364 g/mol. The Kier molecular flexibility index (Phi) is 5.15. The van der Waals surface area contributed by atoms with Gasteiger partial charge in [-0.1, -0.05) is 0 Å². The second-order valence-electron chi connectivity index (χ2n) is 5.97. The summed E-state index contributed by atoms with van der Waals surface area (Å²) >= 11 is 0. The zero-order chi connectivity index (χ0) is 17.4. The number of nitrogens with zero attached hydrogens (tertiary/aromatic N) is 1. The quantitative estimate of drug-likeness (QED) is 0.859. The van der Waals surface area contributed by atoms with Gasteiger partial charge in [-0.05, 0) is 43.9 Å². The molecule has 6 nitrogen and oxygen atoms in total. The molecular formula is C14H21FN2O4S2. The van der Waals surface area contributed by atoms with Gasteiger partial charge in [-0.15, -0.1) is 0 Å². The summed E-state index contributed by atoms with van der Waals surface area (Å²) < 4.78 is 63.1. The van der Waals surface area contributed by atoms with E-state index in [9.17, 15) is 21.2 Å². The first-order valence-corrected chi connectivity index (χ1v) is 10.6. The number of sulfone groups is 1. The van der Waals surface area contributed by atoms with Gasteiger partial charge in [-0.2, -0.15) is 4.31 Å². The lowest BCUT2D eigenvalue weighted by molar-refractivity contribution is 0.250. The van der Waals surface area contributed by atoms with Crippen LogP contribution in [0, 0.1) is 11.7 Å². The highest BCUT2D eigenvalue weighted by Gasteiger charge is 2.31. The Morgan fingerprint density at radius 2 is 1.78 bits per heavy atom. The Balaban J connectivity index is 2.26. The highest BCUT2D eigenvalue weighted by atomic mass is 32.2. The average Bonchev–Trinajstić information content (AvgIpc) is 2.45. The molecule has 2 rings (SSSR count). The molecule has 0 aliphatic carbocycles. The Hall–Kier alpha value is -1.03. The Bertz CT molecular complexity index is 783. The predicted octanol–water partition coefficient (Wildman–Crippen LogP) is 0.977. The SMILES string of the molecule is CC(N)C1CCN(S(=O)(=O)c2ccc(S(C)(=O)=O)c(F)c2)CC1. The Morgan fingerprint density at radius 1 is 1.22 bits per heavy atom. The van der Waals surface area contributed by atoms with E-state index in [0.717, 1.165) is 24.5 Å².